The summed E-state index contributed by atoms with van der Waals surface area (Å²) in [5.74, 6) is -2.50. The first kappa shape index (κ1) is 18.5. The highest BCUT2D eigenvalue weighted by Crippen LogP contribution is 2.42. The zero-order valence-corrected chi connectivity index (χ0v) is 16.2. The Kier molecular flexibility index (Phi) is 4.29. The van der Waals surface area contributed by atoms with E-state index in [2.05, 4.69) is 0 Å². The second kappa shape index (κ2) is 6.75. The highest BCUT2D eigenvalue weighted by atomic mass is 35.5. The summed E-state index contributed by atoms with van der Waals surface area (Å²) in [5, 5.41) is 0.325. The predicted molar refractivity (Wildman–Crippen MR) is 104 cm³/mol. The molecule has 2 aromatic rings. The molecule has 0 spiro atoms. The van der Waals surface area contributed by atoms with Crippen LogP contribution in [0.15, 0.2) is 48.5 Å². The Morgan fingerprint density at radius 2 is 1.72 bits per heavy atom. The van der Waals surface area contributed by atoms with Gasteiger partial charge in [0.1, 0.15) is 23.7 Å². The number of anilines is 1. The molecular formula is C22H19ClFN2O3+. The number of nitrogens with one attached hydrogen (secondary N) is 1. The molecule has 7 heteroatoms. The summed E-state index contributed by atoms with van der Waals surface area (Å²) in [4.78, 5) is 42.2. The van der Waals surface area contributed by atoms with E-state index in [4.69, 9.17) is 11.6 Å². The summed E-state index contributed by atoms with van der Waals surface area (Å²) >= 11 is 6.26. The van der Waals surface area contributed by atoms with Gasteiger partial charge in [0, 0.05) is 18.4 Å². The smallest absolute Gasteiger partial charge is 0.244 e. The lowest BCUT2D eigenvalue weighted by molar-refractivity contribution is -0.915. The molecule has 2 amide bonds. The normalized spacial score (nSPS) is 30.6. The molecular weight excluding hydrogens is 395 g/mol. The van der Waals surface area contributed by atoms with Crippen molar-refractivity contribution in [3.8, 4) is 0 Å². The fraction of sp³-hybridized carbons (Fsp3) is 0.318. The van der Waals surface area contributed by atoms with E-state index in [1.54, 1.807) is 24.3 Å². The second-order valence-corrected chi connectivity index (χ2v) is 8.34. The molecule has 5 atom stereocenters. The van der Waals surface area contributed by atoms with E-state index < -0.39 is 23.7 Å². The summed E-state index contributed by atoms with van der Waals surface area (Å²) in [6, 6.07) is 11.4. The van der Waals surface area contributed by atoms with Gasteiger partial charge >= 0.3 is 0 Å². The van der Waals surface area contributed by atoms with Crippen molar-refractivity contribution in [1.82, 2.24) is 0 Å². The topological polar surface area (TPSA) is 58.9 Å². The van der Waals surface area contributed by atoms with Crippen LogP contribution < -0.4 is 9.80 Å². The van der Waals surface area contributed by atoms with Crippen LogP contribution in [0.4, 0.5) is 10.1 Å². The van der Waals surface area contributed by atoms with Crippen molar-refractivity contribution in [2.75, 3.05) is 11.4 Å². The van der Waals surface area contributed by atoms with Crippen molar-refractivity contribution in [2.24, 2.45) is 11.8 Å². The number of fused-ring (bicyclic) bond motifs is 3. The van der Waals surface area contributed by atoms with E-state index in [1.807, 2.05) is 0 Å². The molecule has 5 nitrogen and oxygen atoms in total. The molecule has 5 rings (SSSR count). The fourth-order valence-corrected chi connectivity index (χ4v) is 5.63. The maximum Gasteiger partial charge on any atom is 0.244 e. The third-order valence-corrected chi connectivity index (χ3v) is 6.87. The van der Waals surface area contributed by atoms with E-state index in [0.29, 0.717) is 16.3 Å². The first-order chi connectivity index (χ1) is 14.0. The molecule has 2 aromatic carbocycles. The first-order valence-electron chi connectivity index (χ1n) is 9.77. The molecule has 1 N–H and O–H groups in total. The number of imide groups is 1. The Labute approximate surface area is 172 Å². The number of hydrogen-bond acceptors (Lipinski definition) is 3. The molecule has 0 bridgehead atoms. The number of amides is 2. The van der Waals surface area contributed by atoms with Gasteiger partial charge in [0.2, 0.25) is 17.6 Å². The fourth-order valence-electron chi connectivity index (χ4n) is 5.41. The number of Topliss-reactive ketones (excluding diaryl/α,β-unsaturated/α-hetero) is 1. The van der Waals surface area contributed by atoms with Crippen molar-refractivity contribution in [3.05, 3.63) is 64.9 Å². The average molecular weight is 414 g/mol. The van der Waals surface area contributed by atoms with Crippen LogP contribution in [0.1, 0.15) is 23.2 Å². The third kappa shape index (κ3) is 2.66. The number of nitrogens with zero attached hydrogens (tertiary/aromatic N) is 1. The van der Waals surface area contributed by atoms with Gasteiger partial charge in [-0.05, 0) is 36.4 Å². The molecule has 0 aromatic heterocycles. The molecule has 0 aliphatic carbocycles. The third-order valence-electron chi connectivity index (χ3n) is 6.55. The molecule has 3 saturated heterocycles. The van der Waals surface area contributed by atoms with E-state index in [-0.39, 0.29) is 23.6 Å². The highest BCUT2D eigenvalue weighted by Gasteiger charge is 2.68. The minimum atomic E-state index is -0.711. The zero-order valence-electron chi connectivity index (χ0n) is 15.5. The van der Waals surface area contributed by atoms with Gasteiger partial charge in [-0.15, -0.1) is 0 Å². The number of quaternary nitrogens is 1. The van der Waals surface area contributed by atoms with Crippen molar-refractivity contribution < 1.29 is 23.7 Å². The van der Waals surface area contributed by atoms with Gasteiger partial charge in [0.05, 0.1) is 17.3 Å². The van der Waals surface area contributed by atoms with Crippen LogP contribution in [-0.2, 0) is 9.59 Å². The van der Waals surface area contributed by atoms with Gasteiger partial charge in [-0.3, -0.25) is 14.4 Å². The van der Waals surface area contributed by atoms with Gasteiger partial charge in [-0.2, -0.15) is 0 Å². The number of hydrogen-bond donors (Lipinski definition) is 1. The summed E-state index contributed by atoms with van der Waals surface area (Å²) in [5.41, 5.74) is 0.734. The first-order valence-corrected chi connectivity index (χ1v) is 10.1. The van der Waals surface area contributed by atoms with Crippen molar-refractivity contribution in [2.45, 2.75) is 24.9 Å². The van der Waals surface area contributed by atoms with E-state index >= 15 is 0 Å². The predicted octanol–water partition coefficient (Wildman–Crippen LogP) is 1.90. The van der Waals surface area contributed by atoms with Crippen LogP contribution >= 0.6 is 11.6 Å². The molecule has 0 radical (unpaired) electrons. The molecule has 3 aliphatic rings. The van der Waals surface area contributed by atoms with Crippen LogP contribution in [0, 0.1) is 17.7 Å². The number of carbonyl (C=O) groups is 3. The van der Waals surface area contributed by atoms with Crippen LogP contribution in [0.2, 0.25) is 5.02 Å². The van der Waals surface area contributed by atoms with Crippen LogP contribution in [0.5, 0.6) is 0 Å². The monoisotopic (exact) mass is 413 g/mol. The molecule has 3 aliphatic heterocycles. The molecule has 29 heavy (non-hydrogen) atoms. The average Bonchev–Trinajstić information content (AvgIpc) is 3.35. The van der Waals surface area contributed by atoms with E-state index in [0.717, 1.165) is 29.2 Å². The summed E-state index contributed by atoms with van der Waals surface area (Å²) in [7, 11) is 0. The molecule has 1 unspecified atom stereocenters. The number of ketones is 1. The molecule has 148 valence electrons. The molecule has 3 heterocycles. The van der Waals surface area contributed by atoms with Crippen LogP contribution in [0.3, 0.4) is 0 Å². The van der Waals surface area contributed by atoms with Gasteiger partial charge < -0.3 is 4.90 Å². The van der Waals surface area contributed by atoms with Crippen LogP contribution in [0.25, 0.3) is 0 Å². The summed E-state index contributed by atoms with van der Waals surface area (Å²) in [6.45, 7) is 0.752. The minimum Gasteiger partial charge on any atom is -0.322 e. The maximum atomic E-state index is 13.4. The largest absolute Gasteiger partial charge is 0.322 e. The quantitative estimate of drug-likeness (QED) is 0.617. The van der Waals surface area contributed by atoms with E-state index in [9.17, 15) is 18.8 Å². The lowest BCUT2D eigenvalue weighted by Gasteiger charge is -2.25. The SMILES string of the molecule is O=C(c1ccc(F)cc1)[C@@H]1[C@H]2C(=O)N(c3ccccc3Cl)C(=O)[C@@H]2[C@@H]2CCC[NH+]12. The van der Waals surface area contributed by atoms with Crippen molar-refractivity contribution in [1.29, 1.82) is 0 Å². The van der Waals surface area contributed by atoms with Gasteiger partial charge in [-0.25, -0.2) is 9.29 Å². The lowest BCUT2D eigenvalue weighted by atomic mass is 9.85. The summed E-state index contributed by atoms with van der Waals surface area (Å²) < 4.78 is 13.3. The van der Waals surface area contributed by atoms with Crippen LogP contribution in [-0.4, -0.2) is 36.2 Å². The highest BCUT2D eigenvalue weighted by molar-refractivity contribution is 6.36. The Morgan fingerprint density at radius 3 is 2.45 bits per heavy atom. The standard InChI is InChI=1S/C22H18ClFN2O3/c23-14-4-1-2-5-15(14)26-21(28)17-16-6-3-11-25(16)19(18(17)22(26)29)20(27)12-7-9-13(24)10-8-12/h1-2,4-5,7-10,16-19H,3,6,11H2/p+1/t16-,17+,18-,19-/m0/s1. The number of carbonyl (C=O) groups excluding carboxylic acids is 3. The van der Waals surface area contributed by atoms with Gasteiger partial charge in [-0.1, -0.05) is 23.7 Å². The Morgan fingerprint density at radius 1 is 1.03 bits per heavy atom. The van der Waals surface area contributed by atoms with Crippen molar-refractivity contribution >= 4 is 34.9 Å². The minimum absolute atomic E-state index is 0.0571. The summed E-state index contributed by atoms with van der Waals surface area (Å²) in [6.07, 6.45) is 1.71. The van der Waals surface area contributed by atoms with Crippen molar-refractivity contribution in [3.63, 3.8) is 0 Å². The number of halogens is 2. The number of rotatable bonds is 3. The number of benzene rings is 2. The Hall–Kier alpha value is -2.57. The van der Waals surface area contributed by atoms with E-state index in [1.165, 1.54) is 24.3 Å². The second-order valence-electron chi connectivity index (χ2n) is 7.94. The Balaban J connectivity index is 1.56. The van der Waals surface area contributed by atoms with Gasteiger partial charge in [0.25, 0.3) is 0 Å². The molecule has 0 saturated carbocycles. The lowest BCUT2D eigenvalue weighted by Crippen LogP contribution is -3.16. The maximum absolute atomic E-state index is 13.4. The van der Waals surface area contributed by atoms with Gasteiger partial charge in [0.15, 0.2) is 6.04 Å². The molecule has 3 fully saturated rings. The Bertz CT molecular complexity index is 1020. The zero-order chi connectivity index (χ0) is 20.3. The number of para-hydroxylation sites is 1.